The number of allylic oxidation sites excluding steroid dienone is 1. The maximum Gasteiger partial charge on any atom is 0.338 e. The molecule has 4 aromatic rings. The van der Waals surface area contributed by atoms with E-state index in [1.807, 2.05) is 75.4 Å². The maximum absolute atomic E-state index is 14.0. The van der Waals surface area contributed by atoms with Crippen molar-refractivity contribution < 1.29 is 19.0 Å². The Labute approximate surface area is 262 Å². The molecule has 222 valence electrons. The lowest BCUT2D eigenvalue weighted by Crippen LogP contribution is -2.39. The molecule has 0 amide bonds. The lowest BCUT2D eigenvalue weighted by Gasteiger charge is -2.24. The van der Waals surface area contributed by atoms with E-state index in [4.69, 9.17) is 14.2 Å². The van der Waals surface area contributed by atoms with Crippen LogP contribution in [0.15, 0.2) is 86.2 Å². The summed E-state index contributed by atoms with van der Waals surface area (Å²) in [7, 11) is 0. The van der Waals surface area contributed by atoms with Crippen molar-refractivity contribution >= 4 is 39.3 Å². The molecule has 5 rings (SSSR count). The smallest absolute Gasteiger partial charge is 0.338 e. The van der Waals surface area contributed by atoms with Crippen molar-refractivity contribution in [3.05, 3.63) is 124 Å². The molecule has 3 aromatic carbocycles. The summed E-state index contributed by atoms with van der Waals surface area (Å²) in [5.41, 5.74) is 5.55. The third-order valence-corrected chi connectivity index (χ3v) is 8.62. The van der Waals surface area contributed by atoms with Gasteiger partial charge in [0.25, 0.3) is 5.56 Å². The lowest BCUT2D eigenvalue weighted by molar-refractivity contribution is -0.139. The average molecular weight is 662 g/mol. The number of benzene rings is 3. The van der Waals surface area contributed by atoms with Crippen molar-refractivity contribution in [3.63, 3.8) is 0 Å². The third kappa shape index (κ3) is 6.53. The molecule has 2 heterocycles. The summed E-state index contributed by atoms with van der Waals surface area (Å²) in [5, 5.41) is 0. The minimum atomic E-state index is -0.652. The van der Waals surface area contributed by atoms with Crippen molar-refractivity contribution in [2.75, 3.05) is 13.2 Å². The van der Waals surface area contributed by atoms with Crippen LogP contribution in [-0.4, -0.2) is 23.8 Å². The van der Waals surface area contributed by atoms with E-state index >= 15 is 0 Å². The first-order chi connectivity index (χ1) is 20.7. The fourth-order valence-electron chi connectivity index (χ4n) is 4.92. The topological polar surface area (TPSA) is 79.1 Å². The van der Waals surface area contributed by atoms with E-state index in [1.54, 1.807) is 18.4 Å². The molecular formula is C34H33BrN2O5S. The van der Waals surface area contributed by atoms with Gasteiger partial charge in [0.15, 0.2) is 16.3 Å². The minimum absolute atomic E-state index is 0.225. The summed E-state index contributed by atoms with van der Waals surface area (Å²) < 4.78 is 20.3. The summed E-state index contributed by atoms with van der Waals surface area (Å²) in [5.74, 6) is 0.686. The van der Waals surface area contributed by atoms with E-state index < -0.39 is 12.0 Å². The van der Waals surface area contributed by atoms with Crippen LogP contribution in [0.1, 0.15) is 54.6 Å². The van der Waals surface area contributed by atoms with Crippen molar-refractivity contribution in [1.29, 1.82) is 0 Å². The summed E-state index contributed by atoms with van der Waals surface area (Å²) in [4.78, 5) is 32.3. The highest BCUT2D eigenvalue weighted by molar-refractivity contribution is 9.10. The van der Waals surface area contributed by atoms with Gasteiger partial charge in [0.1, 0.15) is 6.61 Å². The van der Waals surface area contributed by atoms with Crippen molar-refractivity contribution in [2.24, 2.45) is 4.99 Å². The normalized spacial score (nSPS) is 14.7. The van der Waals surface area contributed by atoms with E-state index in [0.717, 1.165) is 22.3 Å². The van der Waals surface area contributed by atoms with Gasteiger partial charge >= 0.3 is 5.97 Å². The van der Waals surface area contributed by atoms with E-state index in [1.165, 1.54) is 16.9 Å². The van der Waals surface area contributed by atoms with Crippen LogP contribution in [0.2, 0.25) is 0 Å². The third-order valence-electron chi connectivity index (χ3n) is 7.04. The van der Waals surface area contributed by atoms with Crippen LogP contribution in [0.5, 0.6) is 11.5 Å². The molecule has 0 aliphatic carbocycles. The van der Waals surface area contributed by atoms with Gasteiger partial charge < -0.3 is 14.2 Å². The largest absolute Gasteiger partial charge is 0.490 e. The standard InChI is InChI=1S/C34H33BrN2O5S/c1-6-40-27-17-24(16-26(35)31(27)42-19-23-12-8-20(3)9-13-23)18-28-32(38)37-30(25-14-10-21(4)11-15-25)29(33(39)41-7-2)22(5)36-34(37)43-28/h8-18,30H,6-7,19H2,1-5H3/b28-18+/t30-/m1/s1. The van der Waals surface area contributed by atoms with Gasteiger partial charge in [-0.3, -0.25) is 9.36 Å². The zero-order valence-corrected chi connectivity index (χ0v) is 27.2. The van der Waals surface area contributed by atoms with Crippen LogP contribution in [-0.2, 0) is 16.1 Å². The predicted octanol–water partition coefficient (Wildman–Crippen LogP) is 6.16. The molecule has 0 bridgehead atoms. The van der Waals surface area contributed by atoms with Gasteiger partial charge in [-0.15, -0.1) is 0 Å². The van der Waals surface area contributed by atoms with Gasteiger partial charge in [-0.25, -0.2) is 9.79 Å². The number of aryl methyl sites for hydroxylation is 2. The number of esters is 1. The number of carbonyl (C=O) groups excluding carboxylic acids is 1. The second-order valence-corrected chi connectivity index (χ2v) is 12.1. The molecule has 7 nitrogen and oxygen atoms in total. The number of hydrogen-bond donors (Lipinski definition) is 0. The molecule has 0 radical (unpaired) electrons. The lowest BCUT2D eigenvalue weighted by atomic mass is 9.95. The average Bonchev–Trinajstić information content (AvgIpc) is 3.27. The van der Waals surface area contributed by atoms with E-state index in [9.17, 15) is 9.59 Å². The first kappa shape index (κ1) is 30.5. The predicted molar refractivity (Wildman–Crippen MR) is 172 cm³/mol. The zero-order chi connectivity index (χ0) is 30.7. The Morgan fingerprint density at radius 1 is 0.977 bits per heavy atom. The van der Waals surface area contributed by atoms with E-state index in [2.05, 4.69) is 33.1 Å². The number of nitrogens with zero attached hydrogens (tertiary/aromatic N) is 2. The second kappa shape index (κ2) is 13.1. The van der Waals surface area contributed by atoms with E-state index in [0.29, 0.717) is 49.8 Å². The van der Waals surface area contributed by atoms with Crippen LogP contribution < -0.4 is 24.4 Å². The van der Waals surface area contributed by atoms with Crippen molar-refractivity contribution in [2.45, 2.75) is 47.3 Å². The SMILES string of the molecule is CCOC(=O)C1=C(C)N=c2s/c(=C/c3cc(Br)c(OCc4ccc(C)cc4)c(OCC)c3)c(=O)n2[C@@H]1c1ccc(C)cc1. The summed E-state index contributed by atoms with van der Waals surface area (Å²) >= 11 is 4.93. The van der Waals surface area contributed by atoms with Gasteiger partial charge in [-0.05, 0) is 85.4 Å². The minimum Gasteiger partial charge on any atom is -0.490 e. The molecule has 0 saturated carbocycles. The Bertz CT molecular complexity index is 1870. The number of thiazole rings is 1. The number of fused-ring (bicyclic) bond motifs is 1. The summed E-state index contributed by atoms with van der Waals surface area (Å²) in [6, 6.07) is 19.1. The number of hydrogen-bond acceptors (Lipinski definition) is 7. The van der Waals surface area contributed by atoms with Crippen LogP contribution >= 0.6 is 27.3 Å². The van der Waals surface area contributed by atoms with E-state index in [-0.39, 0.29) is 12.2 Å². The molecule has 9 heteroatoms. The number of rotatable bonds is 9. The van der Waals surface area contributed by atoms with Gasteiger partial charge in [-0.2, -0.15) is 0 Å². The van der Waals surface area contributed by atoms with Crippen LogP contribution in [0.4, 0.5) is 0 Å². The number of halogens is 1. The van der Waals surface area contributed by atoms with Crippen molar-refractivity contribution in [1.82, 2.24) is 4.57 Å². The highest BCUT2D eigenvalue weighted by Gasteiger charge is 2.33. The maximum atomic E-state index is 14.0. The van der Waals surface area contributed by atoms with Crippen LogP contribution in [0, 0.1) is 13.8 Å². The highest BCUT2D eigenvalue weighted by atomic mass is 79.9. The molecule has 0 N–H and O–H groups in total. The highest BCUT2D eigenvalue weighted by Crippen LogP contribution is 2.38. The van der Waals surface area contributed by atoms with Crippen LogP contribution in [0.3, 0.4) is 0 Å². The summed E-state index contributed by atoms with van der Waals surface area (Å²) in [6.45, 7) is 10.6. The molecule has 43 heavy (non-hydrogen) atoms. The molecule has 0 unspecified atom stereocenters. The Hall–Kier alpha value is -3.95. The monoisotopic (exact) mass is 660 g/mol. The van der Waals surface area contributed by atoms with Crippen LogP contribution in [0.25, 0.3) is 6.08 Å². The Morgan fingerprint density at radius 2 is 1.65 bits per heavy atom. The molecule has 1 atom stereocenters. The molecule has 1 aliphatic heterocycles. The number of aromatic nitrogens is 1. The Kier molecular flexibility index (Phi) is 9.32. The quantitative estimate of drug-likeness (QED) is 0.201. The molecular weight excluding hydrogens is 628 g/mol. The molecule has 0 saturated heterocycles. The Morgan fingerprint density at radius 3 is 2.30 bits per heavy atom. The van der Waals surface area contributed by atoms with Gasteiger partial charge in [-0.1, -0.05) is 71.0 Å². The van der Waals surface area contributed by atoms with Gasteiger partial charge in [0, 0.05) is 0 Å². The molecule has 1 aliphatic rings. The van der Waals surface area contributed by atoms with Crippen molar-refractivity contribution in [3.8, 4) is 11.5 Å². The first-order valence-electron chi connectivity index (χ1n) is 14.1. The number of carbonyl (C=O) groups is 1. The van der Waals surface area contributed by atoms with Gasteiger partial charge in [0.2, 0.25) is 0 Å². The zero-order valence-electron chi connectivity index (χ0n) is 24.8. The fraction of sp³-hybridized carbons (Fsp3) is 0.265. The molecule has 0 spiro atoms. The Balaban J connectivity index is 1.58. The number of ether oxygens (including phenoxy) is 3. The fourth-order valence-corrected chi connectivity index (χ4v) is 6.54. The van der Waals surface area contributed by atoms with Gasteiger partial charge in [0.05, 0.1) is 39.5 Å². The molecule has 0 fully saturated rings. The summed E-state index contributed by atoms with van der Waals surface area (Å²) in [6.07, 6.45) is 1.82. The second-order valence-electron chi connectivity index (χ2n) is 10.3. The molecule has 1 aromatic heterocycles. The first-order valence-corrected chi connectivity index (χ1v) is 15.7.